The predicted molar refractivity (Wildman–Crippen MR) is 131 cm³/mol. The van der Waals surface area contributed by atoms with E-state index in [4.69, 9.17) is 9.26 Å². The molecule has 1 aromatic heterocycles. The normalized spacial score (nSPS) is 14.1. The van der Waals surface area contributed by atoms with E-state index in [-0.39, 0.29) is 11.1 Å². The lowest BCUT2D eigenvalue weighted by molar-refractivity contribution is -0.120. The summed E-state index contributed by atoms with van der Waals surface area (Å²) in [6, 6.07) is 8.62. The van der Waals surface area contributed by atoms with Crippen molar-refractivity contribution in [2.75, 3.05) is 6.79 Å². The summed E-state index contributed by atoms with van der Waals surface area (Å²) < 4.78 is 55.0. The van der Waals surface area contributed by atoms with Gasteiger partial charge in [0.1, 0.15) is 0 Å². The van der Waals surface area contributed by atoms with Crippen molar-refractivity contribution in [2.45, 2.75) is 32.5 Å². The van der Waals surface area contributed by atoms with Gasteiger partial charge in [0.05, 0.1) is 6.10 Å². The summed E-state index contributed by atoms with van der Waals surface area (Å²) in [5.74, 6) is -2.98. The molecular weight excluding hydrogens is 515 g/mol. The van der Waals surface area contributed by atoms with Crippen LogP contribution in [0.25, 0.3) is 16.2 Å². The Labute approximate surface area is 210 Å². The maximum absolute atomic E-state index is 13.4. The van der Waals surface area contributed by atoms with Crippen LogP contribution in [0.4, 0.5) is 13.6 Å². The van der Waals surface area contributed by atoms with Gasteiger partial charge in [-0.3, -0.25) is 13.9 Å². The number of carbonyl (C=O) groups is 2. The number of fused-ring (bicyclic) bond motifs is 1. The summed E-state index contributed by atoms with van der Waals surface area (Å²) in [5.41, 5.74) is -0.323. The van der Waals surface area contributed by atoms with Crippen LogP contribution >= 0.6 is 18.9 Å². The molecule has 0 saturated heterocycles. The van der Waals surface area contributed by atoms with Crippen LogP contribution in [0.5, 0.6) is 0 Å². The van der Waals surface area contributed by atoms with Gasteiger partial charge < -0.3 is 19.7 Å². The number of amides is 1. The van der Waals surface area contributed by atoms with Crippen molar-refractivity contribution >= 4 is 47.2 Å². The van der Waals surface area contributed by atoms with Crippen molar-refractivity contribution in [3.63, 3.8) is 0 Å². The zero-order valence-electron chi connectivity index (χ0n) is 19.6. The van der Waals surface area contributed by atoms with Gasteiger partial charge in [-0.15, -0.1) is 11.3 Å². The number of halogens is 2. The topological polar surface area (TPSA) is 111 Å². The van der Waals surface area contributed by atoms with Gasteiger partial charge in [0, 0.05) is 10.9 Å². The smallest absolute Gasteiger partial charge is 0.432 e. The first-order valence-electron chi connectivity index (χ1n) is 10.7. The van der Waals surface area contributed by atoms with E-state index in [0.717, 1.165) is 28.6 Å². The molecule has 0 saturated carbocycles. The molecule has 3 aromatic rings. The summed E-state index contributed by atoms with van der Waals surface area (Å²) in [7, 11) is -4.77. The molecule has 1 heterocycles. The second-order valence-corrected chi connectivity index (χ2v) is 10.8. The van der Waals surface area contributed by atoms with Crippen LogP contribution in [0.1, 0.15) is 36.2 Å². The highest BCUT2D eigenvalue weighted by molar-refractivity contribution is 7.54. The average molecular weight is 539 g/mol. The average Bonchev–Trinajstić information content (AvgIpc) is 3.18. The second-order valence-electron chi connectivity index (χ2n) is 7.98. The zero-order chi connectivity index (χ0) is 26.5. The molecule has 12 heteroatoms. The number of rotatable bonds is 9. The van der Waals surface area contributed by atoms with Crippen LogP contribution in [-0.2, 0) is 23.4 Å². The minimum atomic E-state index is -4.77. The molecule has 2 aromatic carbocycles. The van der Waals surface area contributed by atoms with Gasteiger partial charge in [-0.1, -0.05) is 23.8 Å². The van der Waals surface area contributed by atoms with Crippen LogP contribution in [-0.4, -0.2) is 29.9 Å². The predicted octanol–water partition coefficient (Wildman–Crippen LogP) is 6.04. The lowest BCUT2D eigenvalue weighted by Crippen LogP contribution is -2.26. The van der Waals surface area contributed by atoms with E-state index < -0.39 is 49.8 Å². The molecule has 0 aliphatic rings. The molecule has 0 bridgehead atoms. The van der Waals surface area contributed by atoms with Gasteiger partial charge >= 0.3 is 13.8 Å². The van der Waals surface area contributed by atoms with Crippen molar-refractivity contribution in [3.05, 3.63) is 76.3 Å². The van der Waals surface area contributed by atoms with Gasteiger partial charge in [0.2, 0.25) is 12.7 Å². The van der Waals surface area contributed by atoms with E-state index in [1.807, 2.05) is 19.1 Å². The molecule has 0 aliphatic carbocycles. The van der Waals surface area contributed by atoms with Gasteiger partial charge in [-0.2, -0.15) is 0 Å². The van der Waals surface area contributed by atoms with E-state index in [1.165, 1.54) is 23.5 Å². The fourth-order valence-electron chi connectivity index (χ4n) is 3.21. The molecule has 2 N–H and O–H groups in total. The molecule has 0 fully saturated rings. The third-order valence-corrected chi connectivity index (χ3v) is 7.44. The minimum Gasteiger partial charge on any atom is -0.432 e. The molecule has 0 spiro atoms. The van der Waals surface area contributed by atoms with E-state index >= 15 is 0 Å². The van der Waals surface area contributed by atoms with Crippen molar-refractivity contribution in [3.8, 4) is 0 Å². The quantitative estimate of drug-likeness (QED) is 0.194. The lowest BCUT2D eigenvalue weighted by Gasteiger charge is -2.21. The molecule has 1 amide bonds. The maximum Gasteiger partial charge on any atom is 0.510 e. The summed E-state index contributed by atoms with van der Waals surface area (Å²) in [6.07, 6.45) is 0.857. The Morgan fingerprint density at radius 1 is 1.17 bits per heavy atom. The molecule has 0 radical (unpaired) electrons. The Bertz CT molecular complexity index is 1340. The number of benzene rings is 2. The van der Waals surface area contributed by atoms with E-state index in [1.54, 1.807) is 25.3 Å². The highest BCUT2D eigenvalue weighted by Crippen LogP contribution is 2.58. The van der Waals surface area contributed by atoms with Crippen molar-refractivity contribution < 1.29 is 41.8 Å². The van der Waals surface area contributed by atoms with Crippen LogP contribution in [0.15, 0.2) is 48.0 Å². The van der Waals surface area contributed by atoms with E-state index in [2.05, 4.69) is 10.1 Å². The number of aryl methyl sites for hydroxylation is 1. The summed E-state index contributed by atoms with van der Waals surface area (Å²) in [4.78, 5) is 35.5. The Morgan fingerprint density at radius 2 is 1.92 bits per heavy atom. The first kappa shape index (κ1) is 27.5. The number of carbonyl (C=O) groups excluding carboxylic acids is 2. The Kier molecular flexibility index (Phi) is 8.97. The largest absolute Gasteiger partial charge is 0.510 e. The Hall–Kier alpha value is -3.11. The van der Waals surface area contributed by atoms with E-state index in [0.29, 0.717) is 5.39 Å². The minimum absolute atomic E-state index is 0.244. The summed E-state index contributed by atoms with van der Waals surface area (Å²) in [5, 5.41) is 4.55. The van der Waals surface area contributed by atoms with Crippen LogP contribution in [0, 0.1) is 18.6 Å². The highest BCUT2D eigenvalue weighted by Gasteiger charge is 2.41. The molecule has 2 unspecified atom stereocenters. The number of ether oxygens (including phenoxy) is 2. The molecule has 192 valence electrons. The molecule has 3 rings (SSSR count). The third-order valence-electron chi connectivity index (χ3n) is 4.82. The van der Waals surface area contributed by atoms with Gasteiger partial charge in [-0.05, 0) is 66.9 Å². The first-order valence-corrected chi connectivity index (χ1v) is 13.2. The van der Waals surface area contributed by atoms with Crippen molar-refractivity contribution in [1.29, 1.82) is 0 Å². The fraction of sp³-hybridized carbons (Fsp3) is 0.250. The van der Waals surface area contributed by atoms with E-state index in [9.17, 15) is 27.8 Å². The fourth-order valence-corrected chi connectivity index (χ4v) is 5.56. The van der Waals surface area contributed by atoms with Crippen molar-refractivity contribution in [2.24, 2.45) is 0 Å². The van der Waals surface area contributed by atoms with Crippen LogP contribution in [0.3, 0.4) is 0 Å². The monoisotopic (exact) mass is 539 g/mol. The lowest BCUT2D eigenvalue weighted by atomic mass is 10.1. The maximum atomic E-state index is 13.4. The van der Waals surface area contributed by atoms with Gasteiger partial charge in [0.25, 0.3) is 0 Å². The van der Waals surface area contributed by atoms with Gasteiger partial charge in [0.15, 0.2) is 17.3 Å². The number of hydrogen-bond donors (Lipinski definition) is 2. The number of hydrogen-bond acceptors (Lipinski definition) is 7. The highest BCUT2D eigenvalue weighted by atomic mass is 32.1. The molecule has 8 nitrogen and oxygen atoms in total. The zero-order valence-corrected chi connectivity index (χ0v) is 21.3. The Balaban J connectivity index is 1.86. The SMILES string of the molecule is Cc1ccc2scc(C(C(=O)N/C=C/c3ccc(F)c(F)c3)P(=O)(O)OCOC(=O)OC(C)C)c2c1. The summed E-state index contributed by atoms with van der Waals surface area (Å²) >= 11 is 1.28. The number of nitrogens with one attached hydrogen (secondary N) is 1. The standard InChI is InChI=1S/C24H24F2NO7PS/c1-14(2)34-24(29)32-13-33-35(30,31)22(18-12-36-21-7-4-15(3)10-17(18)21)23(28)27-9-8-16-5-6-19(25)20(26)11-16/h4-12,14,22H,13H2,1-3H3,(H,27,28)(H,30,31)/b9-8+. The second kappa shape index (κ2) is 11.7. The molecular formula is C24H24F2NO7PS. The third kappa shape index (κ3) is 6.98. The van der Waals surface area contributed by atoms with Crippen LogP contribution in [0.2, 0.25) is 0 Å². The molecule has 2 atom stereocenters. The number of thiophene rings is 1. The van der Waals surface area contributed by atoms with Gasteiger partial charge in [-0.25, -0.2) is 13.6 Å². The first-order chi connectivity index (χ1) is 17.0. The Morgan fingerprint density at radius 3 is 2.61 bits per heavy atom. The molecule has 0 aliphatic heterocycles. The van der Waals surface area contributed by atoms with Crippen LogP contribution < -0.4 is 5.32 Å². The molecule has 36 heavy (non-hydrogen) atoms. The summed E-state index contributed by atoms with van der Waals surface area (Å²) in [6.45, 7) is 4.10. The van der Waals surface area contributed by atoms with Crippen molar-refractivity contribution in [1.82, 2.24) is 5.32 Å².